The molecule has 6 heteroatoms. The highest BCUT2D eigenvalue weighted by Crippen LogP contribution is 2.27. The first-order valence-corrected chi connectivity index (χ1v) is 11.2. The van der Waals surface area contributed by atoms with Crippen molar-refractivity contribution < 1.29 is 13.9 Å². The Morgan fingerprint density at radius 2 is 1.77 bits per heavy atom. The lowest BCUT2D eigenvalue weighted by Crippen LogP contribution is -2.38. The van der Waals surface area contributed by atoms with Gasteiger partial charge < -0.3 is 10.1 Å². The Morgan fingerprint density at radius 1 is 1.07 bits per heavy atom. The molecule has 1 aliphatic heterocycles. The molecule has 30 heavy (non-hydrogen) atoms. The van der Waals surface area contributed by atoms with Gasteiger partial charge in [0.25, 0.3) is 0 Å². The molecule has 0 atom stereocenters. The minimum atomic E-state index is -0.275. The van der Waals surface area contributed by atoms with Crippen molar-refractivity contribution >= 4 is 23.2 Å². The van der Waals surface area contributed by atoms with Gasteiger partial charge in [-0.25, -0.2) is 4.39 Å². The lowest BCUT2D eigenvalue weighted by molar-refractivity contribution is -0.121. The van der Waals surface area contributed by atoms with Gasteiger partial charge in [-0.15, -0.1) is 0 Å². The van der Waals surface area contributed by atoms with E-state index in [1.807, 2.05) is 24.3 Å². The SMILES string of the molecule is O=C(Nc1ccc(OC2CCCC2)cc1)C1CCN(Cc2c(F)cccc2Cl)CC1. The molecule has 0 bridgehead atoms. The van der Waals surface area contributed by atoms with Crippen LogP contribution in [0.3, 0.4) is 0 Å². The fourth-order valence-corrected chi connectivity index (χ4v) is 4.54. The van der Waals surface area contributed by atoms with E-state index in [1.165, 1.54) is 18.9 Å². The maximum absolute atomic E-state index is 14.0. The molecule has 0 radical (unpaired) electrons. The number of rotatable bonds is 6. The molecule has 4 nitrogen and oxygen atoms in total. The molecule has 1 amide bonds. The Morgan fingerprint density at radius 3 is 2.43 bits per heavy atom. The van der Waals surface area contributed by atoms with Gasteiger partial charge in [-0.2, -0.15) is 0 Å². The number of ether oxygens (including phenoxy) is 1. The molecule has 2 aromatic carbocycles. The summed E-state index contributed by atoms with van der Waals surface area (Å²) in [6.45, 7) is 1.97. The highest BCUT2D eigenvalue weighted by atomic mass is 35.5. The van der Waals surface area contributed by atoms with Crippen LogP contribution in [0.1, 0.15) is 44.1 Å². The third-order valence-electron chi connectivity index (χ3n) is 6.13. The summed E-state index contributed by atoms with van der Waals surface area (Å²) in [5, 5.41) is 3.48. The molecule has 0 spiro atoms. The summed E-state index contributed by atoms with van der Waals surface area (Å²) in [5.41, 5.74) is 1.32. The average molecular weight is 431 g/mol. The summed E-state index contributed by atoms with van der Waals surface area (Å²) >= 11 is 6.14. The number of hydrogen-bond acceptors (Lipinski definition) is 3. The molecule has 1 heterocycles. The van der Waals surface area contributed by atoms with Gasteiger partial charge >= 0.3 is 0 Å². The van der Waals surface area contributed by atoms with Crippen LogP contribution in [-0.4, -0.2) is 30.0 Å². The topological polar surface area (TPSA) is 41.6 Å². The molecule has 2 aliphatic rings. The molecule has 4 rings (SSSR count). The third kappa shape index (κ3) is 5.32. The maximum Gasteiger partial charge on any atom is 0.227 e. The minimum absolute atomic E-state index is 0.0354. The normalized spacial score (nSPS) is 18.5. The molecule has 1 aliphatic carbocycles. The van der Waals surface area contributed by atoms with E-state index in [2.05, 4.69) is 10.2 Å². The zero-order chi connectivity index (χ0) is 20.9. The number of nitrogens with zero attached hydrogens (tertiary/aromatic N) is 1. The van der Waals surface area contributed by atoms with Gasteiger partial charge in [-0.1, -0.05) is 17.7 Å². The van der Waals surface area contributed by atoms with Gasteiger partial charge in [0.2, 0.25) is 5.91 Å². The summed E-state index contributed by atoms with van der Waals surface area (Å²) < 4.78 is 20.0. The van der Waals surface area contributed by atoms with Gasteiger partial charge in [0.05, 0.1) is 6.10 Å². The van der Waals surface area contributed by atoms with Gasteiger partial charge in [-0.05, 0) is 88.0 Å². The van der Waals surface area contributed by atoms with Crippen LogP contribution in [0.5, 0.6) is 5.75 Å². The van der Waals surface area contributed by atoms with Crippen molar-refractivity contribution in [2.24, 2.45) is 5.92 Å². The van der Waals surface area contributed by atoms with Crippen molar-refractivity contribution in [2.45, 2.75) is 51.2 Å². The van der Waals surface area contributed by atoms with Crippen LogP contribution in [0.2, 0.25) is 5.02 Å². The fraction of sp³-hybridized carbons (Fsp3) is 0.458. The Labute approximate surface area is 182 Å². The monoisotopic (exact) mass is 430 g/mol. The van der Waals surface area contributed by atoms with E-state index in [-0.39, 0.29) is 17.6 Å². The number of amides is 1. The molecular weight excluding hydrogens is 403 g/mol. The van der Waals surface area contributed by atoms with Crippen LogP contribution >= 0.6 is 11.6 Å². The number of hydrogen-bond donors (Lipinski definition) is 1. The summed E-state index contributed by atoms with van der Waals surface area (Å²) in [5.74, 6) is 0.595. The Bertz CT molecular complexity index is 840. The predicted octanol–water partition coefficient (Wildman–Crippen LogP) is 5.65. The lowest BCUT2D eigenvalue weighted by atomic mass is 9.95. The van der Waals surface area contributed by atoms with E-state index in [0.717, 1.165) is 50.2 Å². The number of anilines is 1. The van der Waals surface area contributed by atoms with Gasteiger partial charge in [0, 0.05) is 28.7 Å². The van der Waals surface area contributed by atoms with Gasteiger partial charge in [0.1, 0.15) is 11.6 Å². The van der Waals surface area contributed by atoms with E-state index < -0.39 is 0 Å². The second-order valence-electron chi connectivity index (χ2n) is 8.29. The van der Waals surface area contributed by atoms with Crippen LogP contribution in [0, 0.1) is 11.7 Å². The number of piperidine rings is 1. The van der Waals surface area contributed by atoms with Gasteiger partial charge in [0.15, 0.2) is 0 Å². The lowest BCUT2D eigenvalue weighted by Gasteiger charge is -2.31. The minimum Gasteiger partial charge on any atom is -0.490 e. The third-order valence-corrected chi connectivity index (χ3v) is 6.48. The zero-order valence-electron chi connectivity index (χ0n) is 17.1. The van der Waals surface area contributed by atoms with Crippen molar-refractivity contribution in [3.05, 3.63) is 58.9 Å². The van der Waals surface area contributed by atoms with Gasteiger partial charge in [-0.3, -0.25) is 9.69 Å². The van der Waals surface area contributed by atoms with Crippen LogP contribution in [0.4, 0.5) is 10.1 Å². The number of benzene rings is 2. The van der Waals surface area contributed by atoms with E-state index in [9.17, 15) is 9.18 Å². The van der Waals surface area contributed by atoms with Crippen molar-refractivity contribution in [3.63, 3.8) is 0 Å². The summed E-state index contributed by atoms with van der Waals surface area (Å²) in [7, 11) is 0. The summed E-state index contributed by atoms with van der Waals surface area (Å²) in [6.07, 6.45) is 6.56. The molecule has 0 unspecified atom stereocenters. The van der Waals surface area contributed by atoms with E-state index in [4.69, 9.17) is 16.3 Å². The fourth-order valence-electron chi connectivity index (χ4n) is 4.32. The second-order valence-corrected chi connectivity index (χ2v) is 8.70. The Hall–Kier alpha value is -2.11. The predicted molar refractivity (Wildman–Crippen MR) is 117 cm³/mol. The second kappa shape index (κ2) is 9.80. The summed E-state index contributed by atoms with van der Waals surface area (Å²) in [4.78, 5) is 14.8. The van der Waals surface area contributed by atoms with E-state index in [1.54, 1.807) is 12.1 Å². The Kier molecular flexibility index (Phi) is 6.90. The zero-order valence-corrected chi connectivity index (χ0v) is 17.8. The van der Waals surface area contributed by atoms with E-state index >= 15 is 0 Å². The first-order valence-electron chi connectivity index (χ1n) is 10.8. The van der Waals surface area contributed by atoms with Crippen molar-refractivity contribution in [2.75, 3.05) is 18.4 Å². The molecule has 2 aromatic rings. The van der Waals surface area contributed by atoms with Crippen molar-refractivity contribution in [1.29, 1.82) is 0 Å². The Balaban J connectivity index is 1.25. The summed E-state index contributed by atoms with van der Waals surface area (Å²) in [6, 6.07) is 12.4. The molecule has 160 valence electrons. The number of nitrogens with one attached hydrogen (secondary N) is 1. The van der Waals surface area contributed by atoms with Crippen LogP contribution < -0.4 is 10.1 Å². The largest absolute Gasteiger partial charge is 0.490 e. The number of carbonyl (C=O) groups excluding carboxylic acids is 1. The molecule has 2 fully saturated rings. The first kappa shape index (κ1) is 21.1. The van der Waals surface area contributed by atoms with Crippen molar-refractivity contribution in [3.8, 4) is 5.75 Å². The quantitative estimate of drug-likeness (QED) is 0.643. The molecule has 0 aromatic heterocycles. The van der Waals surface area contributed by atoms with Crippen LogP contribution in [-0.2, 0) is 11.3 Å². The molecule has 1 saturated heterocycles. The molecular formula is C24H28ClFN2O2. The van der Waals surface area contributed by atoms with Crippen LogP contribution in [0.15, 0.2) is 42.5 Å². The highest BCUT2D eigenvalue weighted by Gasteiger charge is 2.26. The first-order chi connectivity index (χ1) is 14.6. The smallest absolute Gasteiger partial charge is 0.227 e. The number of carbonyl (C=O) groups is 1. The molecule has 1 saturated carbocycles. The maximum atomic E-state index is 14.0. The number of halogens is 2. The van der Waals surface area contributed by atoms with E-state index in [0.29, 0.717) is 23.2 Å². The van der Waals surface area contributed by atoms with Crippen LogP contribution in [0.25, 0.3) is 0 Å². The number of likely N-dealkylation sites (tertiary alicyclic amines) is 1. The average Bonchev–Trinajstić information content (AvgIpc) is 3.26. The standard InChI is InChI=1S/C24H28ClFN2O2/c25-22-6-3-7-23(26)21(22)16-28-14-12-17(13-15-28)24(29)27-18-8-10-20(11-9-18)30-19-4-1-2-5-19/h3,6-11,17,19H,1-2,4-5,12-16H2,(H,27,29). The highest BCUT2D eigenvalue weighted by molar-refractivity contribution is 6.31. The molecule has 1 N–H and O–H groups in total. The van der Waals surface area contributed by atoms with Crippen molar-refractivity contribution in [1.82, 2.24) is 4.90 Å².